The fourth-order valence-electron chi connectivity index (χ4n) is 2.09. The van der Waals surface area contributed by atoms with Crippen LogP contribution in [-0.4, -0.2) is 11.8 Å². The van der Waals surface area contributed by atoms with Crippen molar-refractivity contribution in [2.24, 2.45) is 10.4 Å². The zero-order chi connectivity index (χ0) is 19.2. The molecule has 0 bridgehead atoms. The first-order valence-electron chi connectivity index (χ1n) is 9.55. The molecule has 0 amide bonds. The Morgan fingerprint density at radius 3 is 1.88 bits per heavy atom. The van der Waals surface area contributed by atoms with Crippen molar-refractivity contribution < 1.29 is 0 Å². The van der Waals surface area contributed by atoms with Gasteiger partial charge in [0, 0.05) is 6.21 Å². The number of nitrogens with zero attached hydrogens (tertiary/aromatic N) is 1. The maximum atomic E-state index is 4.88. The monoisotopic (exact) mass is 331 g/mol. The molecule has 0 radical (unpaired) electrons. The molecule has 1 nitrogen and oxygen atoms in total. The Morgan fingerprint density at radius 2 is 1.46 bits per heavy atom. The summed E-state index contributed by atoms with van der Waals surface area (Å²) in [6.07, 6.45) is 5.16. The fraction of sp³-hybridized carbons (Fsp3) is 0.609. The van der Waals surface area contributed by atoms with E-state index in [-0.39, 0.29) is 5.54 Å². The van der Waals surface area contributed by atoms with E-state index in [1.807, 2.05) is 52.1 Å². The molecule has 1 rings (SSSR count). The smallest absolute Gasteiger partial charge is 0.0786 e. The molecule has 1 aromatic carbocycles. The maximum absolute atomic E-state index is 4.88. The van der Waals surface area contributed by atoms with Gasteiger partial charge in [-0.25, -0.2) is 0 Å². The number of benzene rings is 1. The van der Waals surface area contributed by atoms with Gasteiger partial charge in [0.25, 0.3) is 0 Å². The molecule has 0 aliphatic heterocycles. The molecular weight excluding hydrogens is 290 g/mol. The van der Waals surface area contributed by atoms with Crippen LogP contribution in [0.5, 0.6) is 0 Å². The van der Waals surface area contributed by atoms with E-state index in [1.54, 1.807) is 0 Å². The average molecular weight is 332 g/mol. The van der Waals surface area contributed by atoms with Gasteiger partial charge in [-0.2, -0.15) is 0 Å². The lowest BCUT2D eigenvalue weighted by atomic mass is 9.80. The third-order valence-electron chi connectivity index (χ3n) is 3.85. The van der Waals surface area contributed by atoms with Crippen LogP contribution in [0.15, 0.2) is 47.5 Å². The van der Waals surface area contributed by atoms with Crippen molar-refractivity contribution in [3.8, 4) is 0 Å². The van der Waals surface area contributed by atoms with E-state index < -0.39 is 0 Å². The Bertz CT molecular complexity index is 451. The zero-order valence-corrected chi connectivity index (χ0v) is 17.7. The number of hydrogen-bond acceptors (Lipinski definition) is 1. The van der Waals surface area contributed by atoms with Crippen molar-refractivity contribution in [1.29, 1.82) is 0 Å². The van der Waals surface area contributed by atoms with Crippen LogP contribution in [0.1, 0.15) is 87.1 Å². The van der Waals surface area contributed by atoms with E-state index in [4.69, 9.17) is 4.99 Å². The van der Waals surface area contributed by atoms with Crippen molar-refractivity contribution in [3.05, 3.63) is 48.0 Å². The summed E-state index contributed by atoms with van der Waals surface area (Å²) in [6.45, 7) is 23.5. The molecule has 138 valence electrons. The summed E-state index contributed by atoms with van der Waals surface area (Å²) in [5.74, 6) is 0. The quantitative estimate of drug-likeness (QED) is 0.374. The topological polar surface area (TPSA) is 12.4 Å². The highest BCUT2D eigenvalue weighted by Crippen LogP contribution is 2.33. The Labute approximate surface area is 152 Å². The second kappa shape index (κ2) is 13.0. The van der Waals surface area contributed by atoms with Crippen LogP contribution in [0, 0.1) is 5.41 Å². The predicted octanol–water partition coefficient (Wildman–Crippen LogP) is 7.71. The Kier molecular flexibility index (Phi) is 13.5. The molecule has 1 unspecified atom stereocenters. The molecule has 0 saturated carbocycles. The molecule has 0 saturated heterocycles. The molecule has 24 heavy (non-hydrogen) atoms. The lowest BCUT2D eigenvalue weighted by Gasteiger charge is -2.31. The molecule has 0 aliphatic rings. The Balaban J connectivity index is 0. The summed E-state index contributed by atoms with van der Waals surface area (Å²) >= 11 is 0. The first-order chi connectivity index (χ1) is 11.3. The van der Waals surface area contributed by atoms with E-state index in [0.29, 0.717) is 5.41 Å². The highest BCUT2D eigenvalue weighted by molar-refractivity contribution is 5.80. The van der Waals surface area contributed by atoms with Crippen LogP contribution in [-0.2, 0) is 0 Å². The molecular formula is C23H41N. The van der Waals surface area contributed by atoms with Gasteiger partial charge in [-0.15, -0.1) is 0 Å². The van der Waals surface area contributed by atoms with E-state index >= 15 is 0 Å². The van der Waals surface area contributed by atoms with E-state index in [9.17, 15) is 0 Å². The molecule has 0 aliphatic carbocycles. The molecule has 0 aromatic heterocycles. The normalized spacial score (nSPS) is 13.2. The van der Waals surface area contributed by atoms with Crippen molar-refractivity contribution in [1.82, 2.24) is 0 Å². The minimum atomic E-state index is -0.155. The summed E-state index contributed by atoms with van der Waals surface area (Å²) in [4.78, 5) is 4.88. The first-order valence-corrected chi connectivity index (χ1v) is 9.55. The summed E-state index contributed by atoms with van der Waals surface area (Å²) in [5.41, 5.74) is 2.54. The minimum absolute atomic E-state index is 0.155. The maximum Gasteiger partial charge on any atom is 0.0786 e. The Hall–Kier alpha value is -1.37. The van der Waals surface area contributed by atoms with Gasteiger partial charge in [0.05, 0.1) is 5.54 Å². The molecule has 0 spiro atoms. The van der Waals surface area contributed by atoms with Crippen molar-refractivity contribution in [3.63, 3.8) is 0 Å². The SMILES string of the molecule is C=C(CC)C(C)(CCC(C)(C)C)N=Cc1ccccc1.CC.CC. The van der Waals surface area contributed by atoms with Gasteiger partial charge in [0.1, 0.15) is 0 Å². The zero-order valence-electron chi connectivity index (χ0n) is 17.7. The van der Waals surface area contributed by atoms with E-state index in [0.717, 1.165) is 24.8 Å². The summed E-state index contributed by atoms with van der Waals surface area (Å²) in [5, 5.41) is 0. The van der Waals surface area contributed by atoms with Crippen molar-refractivity contribution in [2.75, 3.05) is 0 Å². The number of aliphatic imine (C=N–C) groups is 1. The molecule has 0 heterocycles. The average Bonchev–Trinajstić information content (AvgIpc) is 2.61. The molecule has 1 aromatic rings. The van der Waals surface area contributed by atoms with E-state index in [2.05, 4.69) is 53.3 Å². The van der Waals surface area contributed by atoms with Crippen LogP contribution >= 0.6 is 0 Å². The summed E-state index contributed by atoms with van der Waals surface area (Å²) < 4.78 is 0. The summed E-state index contributed by atoms with van der Waals surface area (Å²) in [7, 11) is 0. The molecule has 0 fully saturated rings. The standard InChI is InChI=1S/C19H29N.2C2H6/c1-7-16(2)19(6,14-13-18(3,4)5)20-15-17-11-9-8-10-12-17;2*1-2/h8-12,15H,2,7,13-14H2,1,3-6H3;2*1-2H3. The lowest BCUT2D eigenvalue weighted by Crippen LogP contribution is -2.26. The van der Waals surface area contributed by atoms with Gasteiger partial charge in [0.2, 0.25) is 0 Å². The largest absolute Gasteiger partial charge is 0.282 e. The van der Waals surface area contributed by atoms with Gasteiger partial charge in [0.15, 0.2) is 0 Å². The second-order valence-electron chi connectivity index (χ2n) is 6.96. The Morgan fingerprint density at radius 1 is 0.958 bits per heavy atom. The van der Waals surface area contributed by atoms with Crippen LogP contribution in [0.2, 0.25) is 0 Å². The van der Waals surface area contributed by atoms with Gasteiger partial charge >= 0.3 is 0 Å². The third-order valence-corrected chi connectivity index (χ3v) is 3.85. The molecule has 0 N–H and O–H groups in total. The lowest BCUT2D eigenvalue weighted by molar-refractivity contribution is 0.324. The molecule has 1 heteroatoms. The van der Waals surface area contributed by atoms with E-state index in [1.165, 1.54) is 5.57 Å². The van der Waals surface area contributed by atoms with Crippen molar-refractivity contribution in [2.45, 2.75) is 87.1 Å². The number of hydrogen-bond donors (Lipinski definition) is 0. The highest BCUT2D eigenvalue weighted by Gasteiger charge is 2.27. The summed E-state index contributed by atoms with van der Waals surface area (Å²) in [6, 6.07) is 10.3. The van der Waals surface area contributed by atoms with Gasteiger partial charge in [-0.1, -0.05) is 97.9 Å². The van der Waals surface area contributed by atoms with Crippen LogP contribution in [0.3, 0.4) is 0 Å². The second-order valence-corrected chi connectivity index (χ2v) is 6.96. The van der Waals surface area contributed by atoms with Crippen LogP contribution in [0.25, 0.3) is 0 Å². The third kappa shape index (κ3) is 10.4. The van der Waals surface area contributed by atoms with Gasteiger partial charge < -0.3 is 0 Å². The first kappa shape index (κ1) is 24.9. The highest BCUT2D eigenvalue weighted by atomic mass is 14.8. The molecule has 1 atom stereocenters. The fourth-order valence-corrected chi connectivity index (χ4v) is 2.09. The van der Waals surface area contributed by atoms with Gasteiger partial charge in [-0.05, 0) is 37.2 Å². The minimum Gasteiger partial charge on any atom is -0.282 e. The number of rotatable bonds is 6. The van der Waals surface area contributed by atoms with Crippen LogP contribution in [0.4, 0.5) is 0 Å². The van der Waals surface area contributed by atoms with Crippen LogP contribution < -0.4 is 0 Å². The predicted molar refractivity (Wildman–Crippen MR) is 113 cm³/mol. The van der Waals surface area contributed by atoms with Gasteiger partial charge in [-0.3, -0.25) is 4.99 Å². The van der Waals surface area contributed by atoms with Crippen molar-refractivity contribution >= 4 is 6.21 Å².